The Hall–Kier alpha value is -1.42. The second kappa shape index (κ2) is 10.1. The first kappa shape index (κ1) is 14.6. The van der Waals surface area contributed by atoms with Crippen molar-refractivity contribution in [3.8, 4) is 0 Å². The predicted molar refractivity (Wildman–Crippen MR) is 64.4 cm³/mol. The number of aromatic nitrogens is 1. The number of methoxy groups -OCH3 is 1. The van der Waals surface area contributed by atoms with Crippen molar-refractivity contribution in [3.63, 3.8) is 0 Å². The Morgan fingerprint density at radius 1 is 1.50 bits per heavy atom. The lowest BCUT2D eigenvalue weighted by Crippen LogP contribution is -2.26. The van der Waals surface area contributed by atoms with Gasteiger partial charge in [-0.15, -0.1) is 0 Å². The van der Waals surface area contributed by atoms with E-state index in [1.54, 1.807) is 25.4 Å². The van der Waals surface area contributed by atoms with E-state index < -0.39 is 0 Å². The Bertz CT molecular complexity index is 276. The highest BCUT2D eigenvalue weighted by molar-refractivity contribution is 5.93. The second-order valence-electron chi connectivity index (χ2n) is 3.20. The van der Waals surface area contributed by atoms with Crippen molar-refractivity contribution in [1.82, 2.24) is 10.3 Å². The molecule has 1 heterocycles. The molecule has 0 fully saturated rings. The number of carbonyl (C=O) groups is 1. The van der Waals surface area contributed by atoms with Gasteiger partial charge in [-0.25, -0.2) is 0 Å². The summed E-state index contributed by atoms with van der Waals surface area (Å²) in [5.74, 6) is -0.120. The first-order valence-electron chi connectivity index (χ1n) is 5.43. The van der Waals surface area contributed by atoms with Crippen LogP contribution >= 0.6 is 0 Å². The van der Waals surface area contributed by atoms with Gasteiger partial charge in [0.15, 0.2) is 0 Å². The molecule has 0 aliphatic heterocycles. The minimum atomic E-state index is -0.120. The molecule has 0 aliphatic rings. The standard InChI is InChI=1S/C9H12N2O2.C3H8/c1-13-6-5-11-9(12)8-3-2-4-10-7-8;1-3-2/h2-4,7H,5-6H2,1H3,(H,11,12);3H2,1-2H3. The smallest absolute Gasteiger partial charge is 0.252 e. The minimum absolute atomic E-state index is 0.120. The monoisotopic (exact) mass is 224 g/mol. The number of rotatable bonds is 4. The summed E-state index contributed by atoms with van der Waals surface area (Å²) in [4.78, 5) is 15.2. The van der Waals surface area contributed by atoms with E-state index in [9.17, 15) is 4.79 Å². The average molecular weight is 224 g/mol. The van der Waals surface area contributed by atoms with E-state index in [1.165, 1.54) is 12.6 Å². The molecular weight excluding hydrogens is 204 g/mol. The molecule has 0 bridgehead atoms. The van der Waals surface area contributed by atoms with Crippen LogP contribution in [0.25, 0.3) is 0 Å². The first-order valence-corrected chi connectivity index (χ1v) is 5.43. The molecule has 0 unspecified atom stereocenters. The highest BCUT2D eigenvalue weighted by atomic mass is 16.5. The molecule has 16 heavy (non-hydrogen) atoms. The number of pyridine rings is 1. The summed E-state index contributed by atoms with van der Waals surface area (Å²) in [6.45, 7) is 5.29. The molecule has 1 aromatic heterocycles. The van der Waals surface area contributed by atoms with Crippen LogP contribution in [-0.2, 0) is 4.74 Å². The minimum Gasteiger partial charge on any atom is -0.383 e. The van der Waals surface area contributed by atoms with Crippen LogP contribution < -0.4 is 5.32 Å². The molecule has 1 rings (SSSR count). The summed E-state index contributed by atoms with van der Waals surface area (Å²) in [6.07, 6.45) is 4.41. The first-order chi connectivity index (χ1) is 7.76. The third-order valence-corrected chi connectivity index (χ3v) is 1.52. The lowest BCUT2D eigenvalue weighted by atomic mass is 10.3. The molecule has 0 saturated carbocycles. The van der Waals surface area contributed by atoms with Crippen molar-refractivity contribution in [2.75, 3.05) is 20.3 Å². The number of carbonyl (C=O) groups excluding carboxylic acids is 1. The van der Waals surface area contributed by atoms with Crippen LogP contribution in [0.3, 0.4) is 0 Å². The van der Waals surface area contributed by atoms with Gasteiger partial charge in [-0.1, -0.05) is 20.3 Å². The van der Waals surface area contributed by atoms with Crippen molar-refractivity contribution in [3.05, 3.63) is 30.1 Å². The Labute approximate surface area is 97.0 Å². The summed E-state index contributed by atoms with van der Waals surface area (Å²) in [6, 6.07) is 3.44. The molecule has 0 aromatic carbocycles. The summed E-state index contributed by atoms with van der Waals surface area (Å²) in [7, 11) is 1.59. The second-order valence-corrected chi connectivity index (χ2v) is 3.20. The van der Waals surface area contributed by atoms with E-state index in [-0.39, 0.29) is 5.91 Å². The van der Waals surface area contributed by atoms with Gasteiger partial charge in [0.25, 0.3) is 5.91 Å². The largest absolute Gasteiger partial charge is 0.383 e. The molecule has 0 radical (unpaired) electrons. The van der Waals surface area contributed by atoms with E-state index in [0.717, 1.165) is 0 Å². The SMILES string of the molecule is CCC.COCCNC(=O)c1cccnc1. The number of ether oxygens (including phenoxy) is 1. The molecule has 1 aromatic rings. The van der Waals surface area contributed by atoms with Gasteiger partial charge in [0, 0.05) is 26.0 Å². The Balaban J connectivity index is 0.000000673. The number of amides is 1. The van der Waals surface area contributed by atoms with Gasteiger partial charge in [0.05, 0.1) is 12.2 Å². The van der Waals surface area contributed by atoms with Crippen LogP contribution in [0.4, 0.5) is 0 Å². The zero-order valence-corrected chi connectivity index (χ0v) is 10.2. The summed E-state index contributed by atoms with van der Waals surface area (Å²) in [5, 5.41) is 2.70. The topological polar surface area (TPSA) is 51.2 Å². The third-order valence-electron chi connectivity index (χ3n) is 1.52. The predicted octanol–water partition coefficient (Wildman–Crippen LogP) is 1.87. The molecule has 1 N–H and O–H groups in total. The molecule has 0 spiro atoms. The van der Waals surface area contributed by atoms with Gasteiger partial charge in [0.2, 0.25) is 0 Å². The van der Waals surface area contributed by atoms with Gasteiger partial charge in [-0.2, -0.15) is 0 Å². The molecule has 0 saturated heterocycles. The zero-order chi connectivity index (χ0) is 12.2. The van der Waals surface area contributed by atoms with Gasteiger partial charge in [-0.05, 0) is 12.1 Å². The number of nitrogens with one attached hydrogen (secondary N) is 1. The highest BCUT2D eigenvalue weighted by Crippen LogP contribution is 1.94. The Morgan fingerprint density at radius 2 is 2.19 bits per heavy atom. The molecular formula is C12H20N2O2. The maximum absolute atomic E-state index is 11.3. The lowest BCUT2D eigenvalue weighted by molar-refractivity contribution is 0.0936. The van der Waals surface area contributed by atoms with Crippen LogP contribution in [0.15, 0.2) is 24.5 Å². The van der Waals surface area contributed by atoms with Crippen molar-refractivity contribution >= 4 is 5.91 Å². The molecule has 0 aliphatic carbocycles. The average Bonchev–Trinajstić information content (AvgIpc) is 2.31. The normalized spacial score (nSPS) is 8.94. The number of hydrogen-bond acceptors (Lipinski definition) is 3. The van der Waals surface area contributed by atoms with E-state index in [0.29, 0.717) is 18.7 Å². The van der Waals surface area contributed by atoms with Crippen molar-refractivity contribution < 1.29 is 9.53 Å². The molecule has 90 valence electrons. The van der Waals surface area contributed by atoms with Crippen LogP contribution in [0.2, 0.25) is 0 Å². The number of nitrogens with zero attached hydrogens (tertiary/aromatic N) is 1. The summed E-state index contributed by atoms with van der Waals surface area (Å²) < 4.78 is 4.80. The van der Waals surface area contributed by atoms with E-state index in [2.05, 4.69) is 24.1 Å². The summed E-state index contributed by atoms with van der Waals surface area (Å²) >= 11 is 0. The highest BCUT2D eigenvalue weighted by Gasteiger charge is 2.02. The molecule has 4 nitrogen and oxygen atoms in total. The van der Waals surface area contributed by atoms with Crippen molar-refractivity contribution in [2.24, 2.45) is 0 Å². The van der Waals surface area contributed by atoms with E-state index in [1.807, 2.05) is 0 Å². The molecule has 1 amide bonds. The van der Waals surface area contributed by atoms with Gasteiger partial charge >= 0.3 is 0 Å². The fourth-order valence-electron chi connectivity index (χ4n) is 0.866. The fourth-order valence-corrected chi connectivity index (χ4v) is 0.866. The molecule has 4 heteroatoms. The van der Waals surface area contributed by atoms with E-state index in [4.69, 9.17) is 4.74 Å². The van der Waals surface area contributed by atoms with Crippen LogP contribution in [0.1, 0.15) is 30.6 Å². The third kappa shape index (κ3) is 6.95. The number of hydrogen-bond donors (Lipinski definition) is 1. The maximum Gasteiger partial charge on any atom is 0.252 e. The van der Waals surface area contributed by atoms with Gasteiger partial charge < -0.3 is 10.1 Å². The molecule has 0 atom stereocenters. The maximum atomic E-state index is 11.3. The fraction of sp³-hybridized carbons (Fsp3) is 0.500. The van der Waals surface area contributed by atoms with Crippen LogP contribution in [0.5, 0.6) is 0 Å². The van der Waals surface area contributed by atoms with E-state index >= 15 is 0 Å². The quantitative estimate of drug-likeness (QED) is 0.794. The van der Waals surface area contributed by atoms with Crippen LogP contribution in [0, 0.1) is 0 Å². The Morgan fingerprint density at radius 3 is 2.69 bits per heavy atom. The van der Waals surface area contributed by atoms with Gasteiger partial charge in [0.1, 0.15) is 0 Å². The zero-order valence-electron chi connectivity index (χ0n) is 10.2. The van der Waals surface area contributed by atoms with Crippen molar-refractivity contribution in [1.29, 1.82) is 0 Å². The van der Waals surface area contributed by atoms with Crippen LogP contribution in [-0.4, -0.2) is 31.2 Å². The Kier molecular flexibility index (Phi) is 9.21. The lowest BCUT2D eigenvalue weighted by Gasteiger charge is -2.02. The van der Waals surface area contributed by atoms with Crippen molar-refractivity contribution in [2.45, 2.75) is 20.3 Å². The van der Waals surface area contributed by atoms with Gasteiger partial charge in [-0.3, -0.25) is 9.78 Å². The summed E-state index contributed by atoms with van der Waals surface area (Å²) in [5.41, 5.74) is 0.568.